The average molecular weight is 485 g/mol. The second-order valence-corrected chi connectivity index (χ2v) is 8.96. The molecule has 186 valence electrons. The Morgan fingerprint density at radius 1 is 0.806 bits per heavy atom. The fraction of sp³-hybridized carbons (Fsp3) is 0.310. The number of aromatic nitrogens is 2. The van der Waals surface area contributed by atoms with Gasteiger partial charge in [0.15, 0.2) is 12.6 Å². The van der Waals surface area contributed by atoms with Crippen LogP contribution >= 0.6 is 0 Å². The maximum Gasteiger partial charge on any atom is 0.240 e. The summed E-state index contributed by atoms with van der Waals surface area (Å²) in [6, 6.07) is 17.3. The van der Waals surface area contributed by atoms with E-state index in [1.54, 1.807) is 18.3 Å². The highest BCUT2D eigenvalue weighted by Crippen LogP contribution is 2.27. The standard InChI is InChI=1S/C29H32N4O3/c34-20-22-13-14-24(18-23(22)21-35)30-15-7-3-1-2-4-8-16-31-28(36)19-33-27-12-6-5-10-25(27)26-11-9-17-32-29(26)33/h5-6,9-14,17-18,20-21,30H,1-4,7-8,15-16,19H2,(H,31,36). The molecule has 0 spiro atoms. The van der Waals surface area contributed by atoms with Crippen molar-refractivity contribution >= 4 is 46.1 Å². The Labute approximate surface area is 210 Å². The Kier molecular flexibility index (Phi) is 8.81. The monoisotopic (exact) mass is 484 g/mol. The quantitative estimate of drug-likeness (QED) is 0.185. The molecule has 2 aromatic carbocycles. The van der Waals surface area contributed by atoms with Crippen molar-refractivity contribution in [2.75, 3.05) is 18.4 Å². The van der Waals surface area contributed by atoms with Crippen molar-refractivity contribution in [3.8, 4) is 0 Å². The van der Waals surface area contributed by atoms with E-state index < -0.39 is 0 Å². The highest BCUT2D eigenvalue weighted by Gasteiger charge is 2.13. The first-order valence-electron chi connectivity index (χ1n) is 12.6. The van der Waals surface area contributed by atoms with Gasteiger partial charge in [0, 0.05) is 46.9 Å². The fourth-order valence-corrected chi connectivity index (χ4v) is 4.54. The molecule has 2 aromatic heterocycles. The summed E-state index contributed by atoms with van der Waals surface area (Å²) in [4.78, 5) is 39.1. The van der Waals surface area contributed by atoms with Crippen LogP contribution in [0.1, 0.15) is 59.2 Å². The van der Waals surface area contributed by atoms with Crippen LogP contribution in [0, 0.1) is 0 Å². The van der Waals surface area contributed by atoms with Crippen LogP contribution in [0.3, 0.4) is 0 Å². The number of fused-ring (bicyclic) bond motifs is 3. The van der Waals surface area contributed by atoms with Gasteiger partial charge in [-0.05, 0) is 49.2 Å². The highest BCUT2D eigenvalue weighted by molar-refractivity contribution is 6.07. The summed E-state index contributed by atoms with van der Waals surface area (Å²) in [5.41, 5.74) is 3.54. The molecule has 7 heteroatoms. The van der Waals surface area contributed by atoms with Crippen LogP contribution < -0.4 is 10.6 Å². The molecule has 0 saturated heterocycles. The normalized spacial score (nSPS) is 11.0. The van der Waals surface area contributed by atoms with Crippen LogP contribution in [0.5, 0.6) is 0 Å². The highest BCUT2D eigenvalue weighted by atomic mass is 16.2. The van der Waals surface area contributed by atoms with Gasteiger partial charge in [-0.1, -0.05) is 43.9 Å². The molecule has 0 radical (unpaired) electrons. The molecule has 0 saturated carbocycles. The van der Waals surface area contributed by atoms with E-state index in [2.05, 4.69) is 21.7 Å². The van der Waals surface area contributed by atoms with Crippen LogP contribution in [0.4, 0.5) is 5.69 Å². The minimum absolute atomic E-state index is 0.00768. The van der Waals surface area contributed by atoms with Crippen molar-refractivity contribution < 1.29 is 14.4 Å². The second kappa shape index (κ2) is 12.6. The lowest BCUT2D eigenvalue weighted by molar-refractivity contribution is -0.121. The second-order valence-electron chi connectivity index (χ2n) is 8.96. The number of para-hydroxylation sites is 1. The number of amides is 1. The number of hydrogen-bond donors (Lipinski definition) is 2. The number of hydrogen-bond acceptors (Lipinski definition) is 5. The Morgan fingerprint density at radius 3 is 2.33 bits per heavy atom. The van der Waals surface area contributed by atoms with Gasteiger partial charge in [0.2, 0.25) is 5.91 Å². The summed E-state index contributed by atoms with van der Waals surface area (Å²) < 4.78 is 1.99. The van der Waals surface area contributed by atoms with E-state index in [0.29, 0.717) is 30.2 Å². The van der Waals surface area contributed by atoms with Gasteiger partial charge in [0.1, 0.15) is 12.2 Å². The molecule has 2 heterocycles. The summed E-state index contributed by atoms with van der Waals surface area (Å²) in [5.74, 6) is 0.00768. The van der Waals surface area contributed by atoms with Crippen LogP contribution in [0.25, 0.3) is 21.9 Å². The first-order valence-corrected chi connectivity index (χ1v) is 12.6. The third kappa shape index (κ3) is 6.16. The molecular formula is C29H32N4O3. The van der Waals surface area contributed by atoms with E-state index in [4.69, 9.17) is 0 Å². The third-order valence-electron chi connectivity index (χ3n) is 6.42. The molecule has 0 unspecified atom stereocenters. The number of aldehydes is 2. The average Bonchev–Trinajstić information content (AvgIpc) is 3.23. The molecule has 0 aliphatic rings. The van der Waals surface area contributed by atoms with Gasteiger partial charge in [-0.2, -0.15) is 0 Å². The minimum atomic E-state index is 0.00768. The van der Waals surface area contributed by atoms with Crippen molar-refractivity contribution in [2.45, 2.75) is 45.1 Å². The number of rotatable bonds is 14. The summed E-state index contributed by atoms with van der Waals surface area (Å²) in [6.07, 6.45) is 9.65. The number of nitrogens with one attached hydrogen (secondary N) is 2. The van der Waals surface area contributed by atoms with Gasteiger partial charge >= 0.3 is 0 Å². The molecule has 2 N–H and O–H groups in total. The molecular weight excluding hydrogens is 452 g/mol. The van der Waals surface area contributed by atoms with E-state index in [0.717, 1.165) is 72.7 Å². The van der Waals surface area contributed by atoms with Crippen molar-refractivity contribution in [3.05, 3.63) is 71.9 Å². The number of anilines is 1. The first-order chi connectivity index (χ1) is 17.7. The molecule has 0 bridgehead atoms. The molecule has 0 fully saturated rings. The number of unbranched alkanes of at least 4 members (excludes halogenated alkanes) is 5. The Bertz CT molecular complexity index is 1290. The lowest BCUT2D eigenvalue weighted by Crippen LogP contribution is -2.28. The van der Waals surface area contributed by atoms with Crippen LogP contribution in [0.15, 0.2) is 60.8 Å². The molecule has 0 atom stereocenters. The number of benzene rings is 2. The van der Waals surface area contributed by atoms with Crippen molar-refractivity contribution in [1.82, 2.24) is 14.9 Å². The maximum atomic E-state index is 12.6. The number of nitrogens with zero attached hydrogens (tertiary/aromatic N) is 2. The maximum absolute atomic E-state index is 12.6. The lowest BCUT2D eigenvalue weighted by atomic mass is 10.1. The Morgan fingerprint density at radius 2 is 1.53 bits per heavy atom. The van der Waals surface area contributed by atoms with E-state index in [9.17, 15) is 14.4 Å². The Hall–Kier alpha value is -4.00. The zero-order valence-electron chi connectivity index (χ0n) is 20.4. The summed E-state index contributed by atoms with van der Waals surface area (Å²) >= 11 is 0. The predicted molar refractivity (Wildman–Crippen MR) is 144 cm³/mol. The lowest BCUT2D eigenvalue weighted by Gasteiger charge is -2.09. The molecule has 36 heavy (non-hydrogen) atoms. The number of carbonyl (C=O) groups excluding carboxylic acids is 3. The van der Waals surface area contributed by atoms with E-state index in [-0.39, 0.29) is 12.5 Å². The molecule has 0 aliphatic heterocycles. The minimum Gasteiger partial charge on any atom is -0.385 e. The molecule has 1 amide bonds. The largest absolute Gasteiger partial charge is 0.385 e. The fourth-order valence-electron chi connectivity index (χ4n) is 4.54. The zero-order valence-corrected chi connectivity index (χ0v) is 20.4. The topological polar surface area (TPSA) is 93.1 Å². The zero-order chi connectivity index (χ0) is 25.2. The molecule has 0 aliphatic carbocycles. The summed E-state index contributed by atoms with van der Waals surface area (Å²) in [7, 11) is 0. The van der Waals surface area contributed by atoms with Crippen molar-refractivity contribution in [1.29, 1.82) is 0 Å². The van der Waals surface area contributed by atoms with E-state index in [1.807, 2.05) is 41.0 Å². The van der Waals surface area contributed by atoms with Gasteiger partial charge in [0.05, 0.1) is 5.52 Å². The number of pyridine rings is 1. The van der Waals surface area contributed by atoms with Crippen LogP contribution in [0.2, 0.25) is 0 Å². The van der Waals surface area contributed by atoms with Gasteiger partial charge in [-0.15, -0.1) is 0 Å². The van der Waals surface area contributed by atoms with Gasteiger partial charge in [-0.25, -0.2) is 4.98 Å². The van der Waals surface area contributed by atoms with Crippen molar-refractivity contribution in [2.24, 2.45) is 0 Å². The summed E-state index contributed by atoms with van der Waals surface area (Å²) in [6.45, 7) is 1.77. The van der Waals surface area contributed by atoms with Crippen LogP contribution in [-0.4, -0.2) is 41.1 Å². The Balaban J connectivity index is 1.10. The molecule has 4 rings (SSSR count). The first kappa shape index (κ1) is 25.1. The summed E-state index contributed by atoms with van der Waals surface area (Å²) in [5, 5.41) is 8.54. The van der Waals surface area contributed by atoms with E-state index >= 15 is 0 Å². The van der Waals surface area contributed by atoms with Gasteiger partial charge in [-0.3, -0.25) is 14.4 Å². The predicted octanol–water partition coefficient (Wildman–Crippen LogP) is 5.38. The third-order valence-corrected chi connectivity index (χ3v) is 6.42. The smallest absolute Gasteiger partial charge is 0.240 e. The molecule has 4 aromatic rings. The number of carbonyl (C=O) groups is 3. The van der Waals surface area contributed by atoms with E-state index in [1.165, 1.54) is 0 Å². The van der Waals surface area contributed by atoms with Crippen molar-refractivity contribution in [3.63, 3.8) is 0 Å². The molecule has 7 nitrogen and oxygen atoms in total. The van der Waals surface area contributed by atoms with Gasteiger partial charge in [0.25, 0.3) is 0 Å². The van der Waals surface area contributed by atoms with Gasteiger partial charge < -0.3 is 15.2 Å². The van der Waals surface area contributed by atoms with Crippen LogP contribution in [-0.2, 0) is 11.3 Å². The SMILES string of the molecule is O=Cc1ccc(NCCCCCCCCNC(=O)Cn2c3ccccc3c3cccnc32)cc1C=O.